The van der Waals surface area contributed by atoms with Crippen molar-refractivity contribution in [3.8, 4) is 0 Å². The number of sulfone groups is 1. The highest BCUT2D eigenvalue weighted by molar-refractivity contribution is 7.91. The van der Waals surface area contributed by atoms with Gasteiger partial charge in [0.2, 0.25) is 0 Å². The first kappa shape index (κ1) is 18.6. The third-order valence-corrected chi connectivity index (χ3v) is 6.45. The van der Waals surface area contributed by atoms with Gasteiger partial charge in [0, 0.05) is 36.6 Å². The Morgan fingerprint density at radius 3 is 2.62 bits per heavy atom. The third kappa shape index (κ3) is 3.40. The first-order valence-corrected chi connectivity index (χ1v) is 10.6. The Hall–Kier alpha value is -2.16. The molecule has 2 aromatic heterocycles. The Labute approximate surface area is 153 Å². The number of amides is 1. The van der Waals surface area contributed by atoms with Gasteiger partial charge in [-0.3, -0.25) is 14.2 Å². The Balaban J connectivity index is 1.96. The lowest BCUT2D eigenvalue weighted by Gasteiger charge is -2.35. The van der Waals surface area contributed by atoms with Crippen LogP contribution in [-0.2, 0) is 16.4 Å². The van der Waals surface area contributed by atoms with Crippen molar-refractivity contribution in [1.29, 1.82) is 0 Å². The van der Waals surface area contributed by atoms with Gasteiger partial charge in [0.15, 0.2) is 9.84 Å². The van der Waals surface area contributed by atoms with Crippen molar-refractivity contribution in [2.45, 2.75) is 46.3 Å². The summed E-state index contributed by atoms with van der Waals surface area (Å²) in [6.45, 7) is 8.70. The van der Waals surface area contributed by atoms with Crippen molar-refractivity contribution in [3.05, 3.63) is 35.4 Å². The average Bonchev–Trinajstić information content (AvgIpc) is 3.20. The predicted octanol–water partition coefficient (Wildman–Crippen LogP) is 1.60. The van der Waals surface area contributed by atoms with Gasteiger partial charge in [0.05, 0.1) is 35.5 Å². The standard InChI is InChI=1S/C17H25N5O3S/c1-5-20-10-14(8-18-20)16-11-26(24,25)7-6-21(16)17(23)15-9-19-22(12(2)3)13(15)4/h8-10,12,16H,5-7,11H2,1-4H3/t16-/m0/s1. The molecule has 0 bridgehead atoms. The zero-order chi connectivity index (χ0) is 19.1. The van der Waals surface area contributed by atoms with Crippen molar-refractivity contribution < 1.29 is 13.2 Å². The summed E-state index contributed by atoms with van der Waals surface area (Å²) < 4.78 is 27.9. The minimum absolute atomic E-state index is 0.0193. The highest BCUT2D eigenvalue weighted by atomic mass is 32.2. The van der Waals surface area contributed by atoms with E-state index in [0.717, 1.165) is 11.3 Å². The smallest absolute Gasteiger partial charge is 0.257 e. The van der Waals surface area contributed by atoms with E-state index in [0.29, 0.717) is 12.1 Å². The quantitative estimate of drug-likeness (QED) is 0.805. The predicted molar refractivity (Wildman–Crippen MR) is 97.7 cm³/mol. The van der Waals surface area contributed by atoms with Gasteiger partial charge in [-0.05, 0) is 27.7 Å². The van der Waals surface area contributed by atoms with Crippen LogP contribution in [0.15, 0.2) is 18.6 Å². The van der Waals surface area contributed by atoms with Crippen LogP contribution < -0.4 is 0 Å². The summed E-state index contributed by atoms with van der Waals surface area (Å²) in [7, 11) is -3.20. The molecule has 2 aromatic rings. The van der Waals surface area contributed by atoms with Crippen molar-refractivity contribution in [2.75, 3.05) is 18.1 Å². The number of carbonyl (C=O) groups is 1. The SMILES string of the molecule is CCn1cc([C@@H]2CS(=O)(=O)CCN2C(=O)c2cnn(C(C)C)c2C)cn1. The highest BCUT2D eigenvalue weighted by Gasteiger charge is 2.37. The van der Waals surface area contributed by atoms with Crippen LogP contribution in [0.1, 0.15) is 54.5 Å². The molecule has 0 unspecified atom stereocenters. The average molecular weight is 379 g/mol. The summed E-state index contributed by atoms with van der Waals surface area (Å²) in [5, 5.41) is 8.55. The van der Waals surface area contributed by atoms with Crippen molar-refractivity contribution in [2.24, 2.45) is 0 Å². The Bertz CT molecular complexity index is 913. The van der Waals surface area contributed by atoms with Crippen LogP contribution in [0, 0.1) is 6.92 Å². The molecule has 1 amide bonds. The van der Waals surface area contributed by atoms with Crippen LogP contribution in [0.4, 0.5) is 0 Å². The van der Waals surface area contributed by atoms with Crippen LogP contribution in [-0.4, -0.2) is 56.8 Å². The molecule has 0 radical (unpaired) electrons. The first-order chi connectivity index (χ1) is 12.2. The van der Waals surface area contributed by atoms with E-state index in [4.69, 9.17) is 0 Å². The summed E-state index contributed by atoms with van der Waals surface area (Å²) in [6.07, 6.45) is 5.04. The maximum absolute atomic E-state index is 13.2. The lowest BCUT2D eigenvalue weighted by Crippen LogP contribution is -2.46. The summed E-state index contributed by atoms with van der Waals surface area (Å²) in [4.78, 5) is 14.8. The fourth-order valence-electron chi connectivity index (χ4n) is 3.36. The molecular formula is C17H25N5O3S. The molecule has 8 nitrogen and oxygen atoms in total. The molecule has 142 valence electrons. The van der Waals surface area contributed by atoms with Gasteiger partial charge in [-0.25, -0.2) is 8.42 Å². The molecule has 0 N–H and O–H groups in total. The van der Waals surface area contributed by atoms with E-state index in [2.05, 4.69) is 10.2 Å². The largest absolute Gasteiger partial charge is 0.329 e. The zero-order valence-corrected chi connectivity index (χ0v) is 16.4. The molecule has 0 aliphatic carbocycles. The normalized spacial score (nSPS) is 19.9. The molecule has 9 heteroatoms. The number of nitrogens with zero attached hydrogens (tertiary/aromatic N) is 5. The Kier molecular flexibility index (Phi) is 4.92. The zero-order valence-electron chi connectivity index (χ0n) is 15.6. The first-order valence-electron chi connectivity index (χ1n) is 8.81. The van der Waals surface area contributed by atoms with E-state index >= 15 is 0 Å². The minimum Gasteiger partial charge on any atom is -0.329 e. The summed E-state index contributed by atoms with van der Waals surface area (Å²) in [5.74, 6) is -0.279. The van der Waals surface area contributed by atoms with Gasteiger partial charge in [0.1, 0.15) is 0 Å². The van der Waals surface area contributed by atoms with Crippen molar-refractivity contribution in [3.63, 3.8) is 0 Å². The summed E-state index contributed by atoms with van der Waals surface area (Å²) in [5.41, 5.74) is 2.06. The molecular weight excluding hydrogens is 354 g/mol. The second-order valence-corrected chi connectivity index (χ2v) is 9.17. The monoisotopic (exact) mass is 379 g/mol. The molecule has 1 fully saturated rings. The van der Waals surface area contributed by atoms with Crippen molar-refractivity contribution >= 4 is 15.7 Å². The van der Waals surface area contributed by atoms with Crippen molar-refractivity contribution in [1.82, 2.24) is 24.5 Å². The number of rotatable bonds is 4. The summed E-state index contributed by atoms with van der Waals surface area (Å²) in [6, 6.07) is -0.375. The van der Waals surface area contributed by atoms with E-state index in [9.17, 15) is 13.2 Å². The molecule has 1 saturated heterocycles. The van der Waals surface area contributed by atoms with Gasteiger partial charge >= 0.3 is 0 Å². The molecule has 3 rings (SSSR count). The van der Waals surface area contributed by atoms with E-state index in [1.807, 2.05) is 33.9 Å². The molecule has 0 saturated carbocycles. The molecule has 1 atom stereocenters. The molecule has 3 heterocycles. The lowest BCUT2D eigenvalue weighted by molar-refractivity contribution is 0.0696. The molecule has 0 aromatic carbocycles. The Morgan fingerprint density at radius 2 is 2.04 bits per heavy atom. The third-order valence-electron chi connectivity index (χ3n) is 4.82. The minimum atomic E-state index is -3.20. The van der Waals surface area contributed by atoms with E-state index < -0.39 is 15.9 Å². The highest BCUT2D eigenvalue weighted by Crippen LogP contribution is 2.29. The van der Waals surface area contributed by atoms with Gasteiger partial charge in [-0.15, -0.1) is 0 Å². The van der Waals surface area contributed by atoms with Crippen LogP contribution in [0.25, 0.3) is 0 Å². The Morgan fingerprint density at radius 1 is 1.31 bits per heavy atom. The van der Waals surface area contributed by atoms with E-state index in [1.165, 1.54) is 0 Å². The fourth-order valence-corrected chi connectivity index (χ4v) is 4.85. The van der Waals surface area contributed by atoms with E-state index in [1.54, 1.807) is 26.7 Å². The molecule has 1 aliphatic heterocycles. The van der Waals surface area contributed by atoms with Gasteiger partial charge in [-0.2, -0.15) is 10.2 Å². The van der Waals surface area contributed by atoms with Crippen LogP contribution in [0.2, 0.25) is 0 Å². The molecule has 0 spiro atoms. The van der Waals surface area contributed by atoms with Gasteiger partial charge in [0.25, 0.3) is 5.91 Å². The topological polar surface area (TPSA) is 90.1 Å². The second kappa shape index (κ2) is 6.86. The fraction of sp³-hybridized carbons (Fsp3) is 0.588. The van der Waals surface area contributed by atoms with E-state index in [-0.39, 0.29) is 30.0 Å². The molecule has 26 heavy (non-hydrogen) atoms. The maximum atomic E-state index is 13.2. The van der Waals surface area contributed by atoms with Crippen LogP contribution >= 0.6 is 0 Å². The molecule has 1 aliphatic rings. The summed E-state index contributed by atoms with van der Waals surface area (Å²) >= 11 is 0. The lowest BCUT2D eigenvalue weighted by atomic mass is 10.1. The number of hydrogen-bond donors (Lipinski definition) is 0. The second-order valence-electron chi connectivity index (χ2n) is 6.94. The number of aryl methyl sites for hydroxylation is 1. The van der Waals surface area contributed by atoms with Gasteiger partial charge < -0.3 is 4.90 Å². The van der Waals surface area contributed by atoms with Gasteiger partial charge in [-0.1, -0.05) is 0 Å². The number of carbonyl (C=O) groups excluding carboxylic acids is 1. The maximum Gasteiger partial charge on any atom is 0.257 e. The number of hydrogen-bond acceptors (Lipinski definition) is 5. The van der Waals surface area contributed by atoms with Crippen LogP contribution in [0.3, 0.4) is 0 Å². The van der Waals surface area contributed by atoms with Crippen LogP contribution in [0.5, 0.6) is 0 Å². The number of aromatic nitrogens is 4.